The molecule has 0 spiro atoms. The van der Waals surface area contributed by atoms with E-state index < -0.39 is 20.7 Å². The number of carbonyl (C=O) groups excluding carboxylic acids is 1. The van der Waals surface area contributed by atoms with Crippen LogP contribution in [0.1, 0.15) is 19.4 Å². The van der Waals surface area contributed by atoms with Crippen molar-refractivity contribution in [3.8, 4) is 0 Å². The predicted molar refractivity (Wildman–Crippen MR) is 92.2 cm³/mol. The summed E-state index contributed by atoms with van der Waals surface area (Å²) in [7, 11) is -3.91. The molecular weight excluding hydrogens is 381 g/mol. The Morgan fingerprint density at radius 1 is 1.09 bits per heavy atom. The number of nitrogens with one attached hydrogen (secondary N) is 1. The zero-order valence-electron chi connectivity index (χ0n) is 12.6. The molecule has 0 fully saturated rings. The Morgan fingerprint density at radius 2 is 1.61 bits per heavy atom. The van der Waals surface area contributed by atoms with Gasteiger partial charge in [0.15, 0.2) is 5.78 Å². The number of aryl methyl sites for hydroxylation is 1. The minimum Gasteiger partial charge on any atom is -0.292 e. The summed E-state index contributed by atoms with van der Waals surface area (Å²) in [6.07, 6.45) is 0. The number of ketones is 1. The molecule has 0 saturated carbocycles. The summed E-state index contributed by atoms with van der Waals surface area (Å²) in [6, 6.07) is 6.27. The van der Waals surface area contributed by atoms with Gasteiger partial charge >= 0.3 is 0 Å². The van der Waals surface area contributed by atoms with Crippen molar-refractivity contribution < 1.29 is 13.2 Å². The van der Waals surface area contributed by atoms with E-state index in [4.69, 9.17) is 34.8 Å². The molecule has 23 heavy (non-hydrogen) atoms. The maximum absolute atomic E-state index is 12.5. The Hall–Kier alpha value is -1.01. The molecule has 0 aliphatic heterocycles. The van der Waals surface area contributed by atoms with E-state index in [9.17, 15) is 13.2 Å². The van der Waals surface area contributed by atoms with Crippen molar-refractivity contribution in [2.75, 3.05) is 0 Å². The van der Waals surface area contributed by atoms with Gasteiger partial charge in [0.25, 0.3) is 10.0 Å². The summed E-state index contributed by atoms with van der Waals surface area (Å²) < 4.78 is 27.3. The highest BCUT2D eigenvalue weighted by Crippen LogP contribution is 2.41. The summed E-state index contributed by atoms with van der Waals surface area (Å²) in [4.78, 5) is 10.6. The van der Waals surface area contributed by atoms with Crippen LogP contribution in [0.3, 0.4) is 0 Å². The molecule has 0 heterocycles. The van der Waals surface area contributed by atoms with Gasteiger partial charge in [0, 0.05) is 5.57 Å². The summed E-state index contributed by atoms with van der Waals surface area (Å²) in [5.41, 5.74) is 0.991. The van der Waals surface area contributed by atoms with Crippen LogP contribution in [-0.2, 0) is 14.8 Å². The minimum atomic E-state index is -3.91. The molecule has 1 aliphatic rings. The number of hydrogen-bond acceptors (Lipinski definition) is 3. The molecule has 2 rings (SSSR count). The van der Waals surface area contributed by atoms with Crippen molar-refractivity contribution in [3.63, 3.8) is 0 Å². The molecule has 0 saturated heterocycles. The lowest BCUT2D eigenvalue weighted by Crippen LogP contribution is -2.38. The van der Waals surface area contributed by atoms with Crippen molar-refractivity contribution >= 4 is 50.6 Å². The summed E-state index contributed by atoms with van der Waals surface area (Å²) in [6.45, 7) is 4.71. The number of Topliss-reactive ketones (excluding diaryl/α,β-unsaturated/α-hetero) is 1. The average molecular weight is 395 g/mol. The Balaban J connectivity index is 2.51. The Kier molecular flexibility index (Phi) is 4.89. The zero-order valence-corrected chi connectivity index (χ0v) is 15.7. The molecule has 1 aliphatic carbocycles. The second-order valence-corrected chi connectivity index (χ2v) is 8.57. The highest BCUT2D eigenvalue weighted by molar-refractivity contribution is 7.89. The lowest BCUT2D eigenvalue weighted by molar-refractivity contribution is -0.116. The highest BCUT2D eigenvalue weighted by atomic mass is 35.5. The topological polar surface area (TPSA) is 63.2 Å². The lowest BCUT2D eigenvalue weighted by atomic mass is 9.92. The van der Waals surface area contributed by atoms with E-state index in [2.05, 4.69) is 4.72 Å². The third kappa shape index (κ3) is 3.29. The van der Waals surface area contributed by atoms with Crippen molar-refractivity contribution in [1.29, 1.82) is 0 Å². The molecule has 1 aromatic rings. The Labute approximate surface area is 150 Å². The van der Waals surface area contributed by atoms with Crippen LogP contribution in [0.2, 0.25) is 0 Å². The third-order valence-corrected chi connectivity index (χ3v) is 6.38. The number of halogens is 3. The van der Waals surface area contributed by atoms with E-state index in [0.29, 0.717) is 0 Å². The standard InChI is InChI=1S/C15H14Cl3NO3S/c1-8-4-6-10(7-5-8)23(21,22)19-12-11(16)9(2)14(20)15(3,18)13(12)17/h4-7,19H,1-3H3. The van der Waals surface area contributed by atoms with E-state index in [0.717, 1.165) is 5.56 Å². The Morgan fingerprint density at radius 3 is 2.13 bits per heavy atom. The van der Waals surface area contributed by atoms with E-state index >= 15 is 0 Å². The maximum atomic E-state index is 12.5. The number of allylic oxidation sites excluding steroid dienone is 3. The zero-order chi connectivity index (χ0) is 17.6. The maximum Gasteiger partial charge on any atom is 0.261 e. The molecule has 1 N–H and O–H groups in total. The van der Waals surface area contributed by atoms with Gasteiger partial charge in [-0.25, -0.2) is 8.42 Å². The first kappa shape index (κ1) is 18.3. The van der Waals surface area contributed by atoms with Crippen LogP contribution in [0.5, 0.6) is 0 Å². The fourth-order valence-corrected chi connectivity index (χ4v) is 4.01. The first-order valence-electron chi connectivity index (χ1n) is 6.58. The van der Waals surface area contributed by atoms with E-state index in [-0.39, 0.29) is 26.2 Å². The van der Waals surface area contributed by atoms with E-state index in [1.807, 2.05) is 6.92 Å². The number of hydrogen-bond donors (Lipinski definition) is 1. The average Bonchev–Trinajstić information content (AvgIpc) is 2.49. The molecule has 1 atom stereocenters. The quantitative estimate of drug-likeness (QED) is 0.793. The van der Waals surface area contributed by atoms with E-state index in [1.165, 1.54) is 26.0 Å². The molecular formula is C15H14Cl3NO3S. The largest absolute Gasteiger partial charge is 0.292 e. The van der Waals surface area contributed by atoms with Crippen molar-refractivity contribution in [2.45, 2.75) is 30.5 Å². The van der Waals surface area contributed by atoms with Crippen LogP contribution in [0, 0.1) is 6.92 Å². The van der Waals surface area contributed by atoms with Crippen molar-refractivity contribution in [2.24, 2.45) is 0 Å². The second-order valence-electron chi connectivity index (χ2n) is 5.38. The van der Waals surface area contributed by atoms with Gasteiger partial charge in [-0.05, 0) is 32.9 Å². The van der Waals surface area contributed by atoms with E-state index in [1.54, 1.807) is 12.1 Å². The molecule has 0 radical (unpaired) electrons. The molecule has 4 nitrogen and oxygen atoms in total. The van der Waals surface area contributed by atoms with Crippen LogP contribution in [0.15, 0.2) is 50.5 Å². The van der Waals surface area contributed by atoms with Crippen LogP contribution in [-0.4, -0.2) is 19.1 Å². The molecule has 124 valence electrons. The lowest BCUT2D eigenvalue weighted by Gasteiger charge is -2.29. The third-order valence-electron chi connectivity index (χ3n) is 3.52. The molecule has 8 heteroatoms. The summed E-state index contributed by atoms with van der Waals surface area (Å²) in [5, 5.41) is -0.218. The minimum absolute atomic E-state index is 0.0513. The fourth-order valence-electron chi connectivity index (χ4n) is 2.07. The number of alkyl halides is 1. The van der Waals surface area contributed by atoms with Gasteiger partial charge in [0.2, 0.25) is 0 Å². The molecule has 1 aromatic carbocycles. The Bertz CT molecular complexity index is 837. The first-order valence-corrected chi connectivity index (χ1v) is 9.20. The van der Waals surface area contributed by atoms with Crippen LogP contribution in [0.25, 0.3) is 0 Å². The van der Waals surface area contributed by atoms with Crippen molar-refractivity contribution in [3.05, 3.63) is 51.2 Å². The van der Waals surface area contributed by atoms with Gasteiger partial charge in [0.05, 0.1) is 20.7 Å². The number of sulfonamides is 1. The van der Waals surface area contributed by atoms with Gasteiger partial charge in [-0.15, -0.1) is 11.6 Å². The fraction of sp³-hybridized carbons (Fsp3) is 0.267. The number of carbonyl (C=O) groups is 1. The number of benzene rings is 1. The SMILES string of the molecule is CC1=C(Cl)C(NS(=O)(=O)c2ccc(C)cc2)=C(Cl)C(C)(Cl)C1=O. The smallest absolute Gasteiger partial charge is 0.261 e. The molecule has 0 bridgehead atoms. The van der Waals surface area contributed by atoms with Gasteiger partial charge in [-0.2, -0.15) is 0 Å². The normalized spacial score (nSPS) is 22.6. The summed E-state index contributed by atoms with van der Waals surface area (Å²) in [5.74, 6) is -0.465. The van der Waals surface area contributed by atoms with Crippen LogP contribution in [0.4, 0.5) is 0 Å². The van der Waals surface area contributed by atoms with Crippen molar-refractivity contribution in [1.82, 2.24) is 4.72 Å². The number of rotatable bonds is 3. The van der Waals surface area contributed by atoms with Gasteiger partial charge in [-0.1, -0.05) is 40.9 Å². The molecule has 1 unspecified atom stereocenters. The molecule has 0 amide bonds. The highest BCUT2D eigenvalue weighted by Gasteiger charge is 2.43. The van der Waals surface area contributed by atoms with Crippen LogP contribution < -0.4 is 4.72 Å². The summed E-state index contributed by atoms with van der Waals surface area (Å²) >= 11 is 18.4. The monoisotopic (exact) mass is 393 g/mol. The van der Waals surface area contributed by atoms with Gasteiger partial charge in [-0.3, -0.25) is 9.52 Å². The second kappa shape index (κ2) is 6.13. The first-order chi connectivity index (χ1) is 10.5. The van der Waals surface area contributed by atoms with Crippen LogP contribution >= 0.6 is 34.8 Å². The molecule has 0 aromatic heterocycles. The van der Waals surface area contributed by atoms with Gasteiger partial charge < -0.3 is 0 Å². The van der Waals surface area contributed by atoms with Gasteiger partial charge in [0.1, 0.15) is 4.87 Å². The predicted octanol–water partition coefficient (Wildman–Crippen LogP) is 3.82.